The summed E-state index contributed by atoms with van der Waals surface area (Å²) in [6, 6.07) is 8.72. The van der Waals surface area contributed by atoms with Gasteiger partial charge in [0, 0.05) is 24.4 Å². The number of nitro groups is 1. The summed E-state index contributed by atoms with van der Waals surface area (Å²) in [5, 5.41) is 13.9. The summed E-state index contributed by atoms with van der Waals surface area (Å²) >= 11 is 5.70. The first-order valence-electron chi connectivity index (χ1n) is 6.01. The molecule has 1 N–H and O–H groups in total. The Bertz CT molecular complexity index is 679. The van der Waals surface area contributed by atoms with Crippen LogP contribution < -0.4 is 10.1 Å². The number of non-ortho nitro benzene ring substituents is 1. The molecule has 0 unspecified atom stereocenters. The van der Waals surface area contributed by atoms with Crippen LogP contribution in [0.3, 0.4) is 0 Å². The summed E-state index contributed by atoms with van der Waals surface area (Å²) in [5.41, 5.74) is 1.21. The van der Waals surface area contributed by atoms with E-state index < -0.39 is 10.7 Å². The Morgan fingerprint density at radius 2 is 2.10 bits per heavy atom. The van der Waals surface area contributed by atoms with E-state index in [0.29, 0.717) is 18.0 Å². The van der Waals surface area contributed by atoms with Crippen molar-refractivity contribution >= 4 is 23.0 Å². The number of nitrogens with zero attached hydrogens (tertiary/aromatic N) is 1. The molecule has 0 spiro atoms. The van der Waals surface area contributed by atoms with E-state index in [9.17, 15) is 14.5 Å². The summed E-state index contributed by atoms with van der Waals surface area (Å²) in [4.78, 5) is 10.3. The molecule has 0 fully saturated rings. The van der Waals surface area contributed by atoms with Crippen molar-refractivity contribution in [3.63, 3.8) is 0 Å². The molecular weight excluding hydrogens is 299 g/mol. The van der Waals surface area contributed by atoms with Crippen LogP contribution in [0.4, 0.5) is 15.8 Å². The first kappa shape index (κ1) is 15.1. The molecule has 0 radical (unpaired) electrons. The number of nitrogens with one attached hydrogen (secondary N) is 1. The minimum absolute atomic E-state index is 0.0333. The maximum absolute atomic E-state index is 13.1. The van der Waals surface area contributed by atoms with E-state index in [1.165, 1.54) is 31.4 Å². The summed E-state index contributed by atoms with van der Waals surface area (Å²) < 4.78 is 18.1. The van der Waals surface area contributed by atoms with E-state index in [2.05, 4.69) is 5.32 Å². The van der Waals surface area contributed by atoms with Gasteiger partial charge in [-0.1, -0.05) is 17.7 Å². The number of ether oxygens (including phenoxy) is 1. The van der Waals surface area contributed by atoms with Crippen molar-refractivity contribution in [1.82, 2.24) is 0 Å². The van der Waals surface area contributed by atoms with Crippen molar-refractivity contribution < 1.29 is 14.1 Å². The standard InChI is InChI=1S/C14H12ClFN2O3/c1-21-12-6-10(5-11(7-12)18(19)20)17-8-9-2-3-14(16)13(15)4-9/h2-7,17H,8H2,1H3. The molecule has 5 nitrogen and oxygen atoms in total. The van der Waals surface area contributed by atoms with Gasteiger partial charge in [0.2, 0.25) is 0 Å². The summed E-state index contributed by atoms with van der Waals surface area (Å²) in [6.45, 7) is 0.352. The van der Waals surface area contributed by atoms with Gasteiger partial charge in [0.25, 0.3) is 5.69 Å². The van der Waals surface area contributed by atoms with Gasteiger partial charge in [0.05, 0.1) is 23.1 Å². The Morgan fingerprint density at radius 1 is 1.33 bits per heavy atom. The van der Waals surface area contributed by atoms with Gasteiger partial charge in [0.15, 0.2) is 0 Å². The minimum atomic E-state index is -0.498. The fourth-order valence-electron chi connectivity index (χ4n) is 1.76. The number of benzene rings is 2. The number of nitro benzene ring substituents is 1. The predicted molar refractivity (Wildman–Crippen MR) is 78.4 cm³/mol. The molecule has 0 aliphatic heterocycles. The number of halogens is 2. The number of hydrogen-bond donors (Lipinski definition) is 1. The van der Waals surface area contributed by atoms with Crippen molar-refractivity contribution in [2.45, 2.75) is 6.54 Å². The Morgan fingerprint density at radius 3 is 2.71 bits per heavy atom. The third-order valence-corrected chi connectivity index (χ3v) is 3.11. The quantitative estimate of drug-likeness (QED) is 0.669. The monoisotopic (exact) mass is 310 g/mol. The first-order chi connectivity index (χ1) is 9.99. The van der Waals surface area contributed by atoms with Crippen molar-refractivity contribution in [2.75, 3.05) is 12.4 Å². The smallest absolute Gasteiger partial charge is 0.275 e. The van der Waals surface area contributed by atoms with E-state index in [0.717, 1.165) is 5.56 Å². The van der Waals surface area contributed by atoms with Gasteiger partial charge in [-0.15, -0.1) is 0 Å². The van der Waals surface area contributed by atoms with Crippen LogP contribution in [0.2, 0.25) is 5.02 Å². The zero-order chi connectivity index (χ0) is 15.4. The van der Waals surface area contributed by atoms with E-state index in [-0.39, 0.29) is 10.7 Å². The molecule has 0 amide bonds. The third kappa shape index (κ3) is 3.82. The van der Waals surface area contributed by atoms with Crippen LogP contribution in [0.15, 0.2) is 36.4 Å². The van der Waals surface area contributed by atoms with Gasteiger partial charge in [0.1, 0.15) is 11.6 Å². The Labute approximate surface area is 125 Å². The van der Waals surface area contributed by atoms with Crippen LogP contribution in [0.5, 0.6) is 5.75 Å². The fraction of sp³-hybridized carbons (Fsp3) is 0.143. The average Bonchev–Trinajstić information content (AvgIpc) is 2.48. The lowest BCUT2D eigenvalue weighted by Gasteiger charge is -2.09. The molecule has 2 aromatic carbocycles. The highest BCUT2D eigenvalue weighted by Crippen LogP contribution is 2.26. The zero-order valence-electron chi connectivity index (χ0n) is 11.1. The van der Waals surface area contributed by atoms with E-state index in [4.69, 9.17) is 16.3 Å². The molecule has 0 bridgehead atoms. The van der Waals surface area contributed by atoms with Crippen molar-refractivity contribution in [3.8, 4) is 5.75 Å². The first-order valence-corrected chi connectivity index (χ1v) is 6.38. The van der Waals surface area contributed by atoms with E-state index in [1.807, 2.05) is 0 Å². The van der Waals surface area contributed by atoms with Gasteiger partial charge in [-0.05, 0) is 17.7 Å². The molecule has 110 valence electrons. The second kappa shape index (κ2) is 6.41. The summed E-state index contributed by atoms with van der Waals surface area (Å²) in [7, 11) is 1.43. The number of methoxy groups -OCH3 is 1. The Kier molecular flexibility index (Phi) is 4.59. The molecule has 0 aliphatic rings. The van der Waals surface area contributed by atoms with Gasteiger partial charge >= 0.3 is 0 Å². The van der Waals surface area contributed by atoms with Crippen LogP contribution in [-0.2, 0) is 6.54 Å². The SMILES string of the molecule is COc1cc(NCc2ccc(F)c(Cl)c2)cc([N+](=O)[O-])c1. The molecule has 0 saturated heterocycles. The molecule has 0 atom stereocenters. The number of rotatable bonds is 5. The van der Waals surface area contributed by atoms with Gasteiger partial charge in [-0.3, -0.25) is 10.1 Å². The van der Waals surface area contributed by atoms with Crippen molar-refractivity contribution in [2.24, 2.45) is 0 Å². The van der Waals surface area contributed by atoms with Gasteiger partial charge in [-0.25, -0.2) is 4.39 Å². The number of hydrogen-bond acceptors (Lipinski definition) is 4. The van der Waals surface area contributed by atoms with Crippen molar-refractivity contribution in [1.29, 1.82) is 0 Å². The fourth-order valence-corrected chi connectivity index (χ4v) is 1.97. The number of anilines is 1. The molecule has 2 aromatic rings. The highest BCUT2D eigenvalue weighted by molar-refractivity contribution is 6.30. The Hall–Kier alpha value is -2.34. The lowest BCUT2D eigenvalue weighted by atomic mass is 10.2. The lowest BCUT2D eigenvalue weighted by molar-refractivity contribution is -0.384. The molecule has 0 aliphatic carbocycles. The molecule has 2 rings (SSSR count). The normalized spacial score (nSPS) is 10.2. The van der Waals surface area contributed by atoms with E-state index >= 15 is 0 Å². The largest absolute Gasteiger partial charge is 0.496 e. The molecule has 0 heterocycles. The zero-order valence-corrected chi connectivity index (χ0v) is 11.9. The maximum atomic E-state index is 13.1. The van der Waals surface area contributed by atoms with Crippen LogP contribution in [0.25, 0.3) is 0 Å². The summed E-state index contributed by atoms with van der Waals surface area (Å²) in [6.07, 6.45) is 0. The second-order valence-electron chi connectivity index (χ2n) is 4.28. The maximum Gasteiger partial charge on any atom is 0.275 e. The Balaban J connectivity index is 2.17. The molecular formula is C14H12ClFN2O3. The van der Waals surface area contributed by atoms with Gasteiger partial charge in [-0.2, -0.15) is 0 Å². The van der Waals surface area contributed by atoms with Gasteiger partial charge < -0.3 is 10.1 Å². The molecule has 0 aromatic heterocycles. The second-order valence-corrected chi connectivity index (χ2v) is 4.69. The van der Waals surface area contributed by atoms with Crippen molar-refractivity contribution in [3.05, 3.63) is 62.9 Å². The average molecular weight is 311 g/mol. The van der Waals surface area contributed by atoms with Crippen LogP contribution in [0.1, 0.15) is 5.56 Å². The molecule has 7 heteroatoms. The minimum Gasteiger partial charge on any atom is -0.496 e. The topological polar surface area (TPSA) is 64.4 Å². The lowest BCUT2D eigenvalue weighted by Crippen LogP contribution is -2.01. The highest BCUT2D eigenvalue weighted by Gasteiger charge is 2.10. The van der Waals surface area contributed by atoms with Crippen LogP contribution >= 0.6 is 11.6 Å². The van der Waals surface area contributed by atoms with Crippen LogP contribution in [-0.4, -0.2) is 12.0 Å². The predicted octanol–water partition coefficient (Wildman–Crippen LogP) is 4.01. The van der Waals surface area contributed by atoms with Crippen LogP contribution in [0, 0.1) is 15.9 Å². The molecule has 0 saturated carbocycles. The summed E-state index contributed by atoms with van der Waals surface area (Å²) in [5.74, 6) is -0.110. The molecule has 21 heavy (non-hydrogen) atoms. The van der Waals surface area contributed by atoms with E-state index in [1.54, 1.807) is 12.1 Å². The third-order valence-electron chi connectivity index (χ3n) is 2.82. The highest BCUT2D eigenvalue weighted by atomic mass is 35.5.